The molecule has 2 aromatic carbocycles. The third-order valence-electron chi connectivity index (χ3n) is 2.61. The minimum absolute atomic E-state index is 0.142. The second-order valence-corrected chi connectivity index (χ2v) is 5.95. The molecule has 6 heteroatoms. The summed E-state index contributed by atoms with van der Waals surface area (Å²) in [5.41, 5.74) is 2.08. The third kappa shape index (κ3) is 5.09. The molecule has 0 aliphatic heterocycles. The SMILES string of the molecule is CCOS(=O)(=O)Cc1ccc(N=Nc2ccccc2)cc1. The summed E-state index contributed by atoms with van der Waals surface area (Å²) in [6, 6.07) is 16.2. The lowest BCUT2D eigenvalue weighted by Gasteiger charge is -2.03. The molecule has 0 aromatic heterocycles. The number of azo groups is 1. The summed E-state index contributed by atoms with van der Waals surface area (Å²) >= 11 is 0. The molecule has 0 atom stereocenters. The van der Waals surface area contributed by atoms with E-state index in [1.165, 1.54) is 0 Å². The smallest absolute Gasteiger partial charge is 0.270 e. The lowest BCUT2D eigenvalue weighted by Crippen LogP contribution is -2.08. The molecule has 0 fully saturated rings. The molecule has 0 aliphatic carbocycles. The average molecular weight is 304 g/mol. The highest BCUT2D eigenvalue weighted by molar-refractivity contribution is 7.85. The Morgan fingerprint density at radius 2 is 1.48 bits per heavy atom. The quantitative estimate of drug-likeness (QED) is 0.599. The van der Waals surface area contributed by atoms with E-state index >= 15 is 0 Å². The molecular formula is C15H16N2O3S. The normalized spacial score (nSPS) is 11.9. The van der Waals surface area contributed by atoms with Crippen molar-refractivity contribution >= 4 is 21.5 Å². The number of benzene rings is 2. The van der Waals surface area contributed by atoms with E-state index in [0.717, 1.165) is 5.69 Å². The monoisotopic (exact) mass is 304 g/mol. The first-order valence-corrected chi connectivity index (χ1v) is 8.09. The van der Waals surface area contributed by atoms with Crippen LogP contribution in [0.5, 0.6) is 0 Å². The predicted octanol–water partition coefficient (Wildman–Crippen LogP) is 3.97. The number of nitrogens with zero attached hydrogens (tertiary/aromatic N) is 2. The molecule has 0 N–H and O–H groups in total. The van der Waals surface area contributed by atoms with E-state index in [4.69, 9.17) is 4.18 Å². The molecule has 0 amide bonds. The molecule has 5 nitrogen and oxygen atoms in total. The molecule has 21 heavy (non-hydrogen) atoms. The Bertz CT molecular complexity index is 695. The first-order valence-electron chi connectivity index (χ1n) is 6.52. The van der Waals surface area contributed by atoms with Crippen LogP contribution in [-0.4, -0.2) is 15.0 Å². The van der Waals surface area contributed by atoms with Crippen LogP contribution in [-0.2, 0) is 20.1 Å². The minimum atomic E-state index is -3.51. The van der Waals surface area contributed by atoms with Gasteiger partial charge in [0.2, 0.25) is 0 Å². The van der Waals surface area contributed by atoms with E-state index in [-0.39, 0.29) is 12.4 Å². The van der Waals surface area contributed by atoms with E-state index in [0.29, 0.717) is 11.3 Å². The Labute approximate surface area is 124 Å². The van der Waals surface area contributed by atoms with Crippen LogP contribution >= 0.6 is 0 Å². The first kappa shape index (κ1) is 15.3. The molecule has 2 rings (SSSR count). The van der Waals surface area contributed by atoms with Crippen molar-refractivity contribution in [2.75, 3.05) is 6.61 Å². The van der Waals surface area contributed by atoms with Crippen molar-refractivity contribution in [3.8, 4) is 0 Å². The van der Waals surface area contributed by atoms with Crippen molar-refractivity contribution in [3.63, 3.8) is 0 Å². The van der Waals surface area contributed by atoms with Crippen LogP contribution in [0.25, 0.3) is 0 Å². The van der Waals surface area contributed by atoms with E-state index in [1.807, 2.05) is 30.3 Å². The topological polar surface area (TPSA) is 68.1 Å². The van der Waals surface area contributed by atoms with Crippen LogP contribution < -0.4 is 0 Å². The van der Waals surface area contributed by atoms with Gasteiger partial charge < -0.3 is 0 Å². The van der Waals surface area contributed by atoms with Gasteiger partial charge in [-0.05, 0) is 36.8 Å². The zero-order chi connectivity index (χ0) is 15.1. The molecule has 0 saturated heterocycles. The van der Waals surface area contributed by atoms with Crippen molar-refractivity contribution in [3.05, 3.63) is 60.2 Å². The highest BCUT2D eigenvalue weighted by Crippen LogP contribution is 2.19. The van der Waals surface area contributed by atoms with Crippen molar-refractivity contribution in [2.24, 2.45) is 10.2 Å². The Hall–Kier alpha value is -2.05. The van der Waals surface area contributed by atoms with Crippen LogP contribution in [0.4, 0.5) is 11.4 Å². The molecular weight excluding hydrogens is 288 g/mol. The highest BCUT2D eigenvalue weighted by Gasteiger charge is 2.11. The third-order valence-corrected chi connectivity index (χ3v) is 3.90. The molecule has 0 heterocycles. The lowest BCUT2D eigenvalue weighted by molar-refractivity contribution is 0.337. The van der Waals surface area contributed by atoms with E-state index in [2.05, 4.69) is 10.2 Å². The van der Waals surface area contributed by atoms with Crippen LogP contribution in [0.2, 0.25) is 0 Å². The fourth-order valence-electron chi connectivity index (χ4n) is 1.69. The fourth-order valence-corrected chi connectivity index (χ4v) is 2.74. The molecule has 0 saturated carbocycles. The summed E-state index contributed by atoms with van der Waals surface area (Å²) in [5, 5.41) is 8.19. The number of rotatable bonds is 6. The van der Waals surface area contributed by atoms with Gasteiger partial charge in [0.25, 0.3) is 10.1 Å². The van der Waals surface area contributed by atoms with Crippen LogP contribution in [0.15, 0.2) is 64.8 Å². The van der Waals surface area contributed by atoms with Gasteiger partial charge in [0, 0.05) is 0 Å². The summed E-state index contributed by atoms with van der Waals surface area (Å²) in [6.07, 6.45) is 0. The molecule has 0 unspecified atom stereocenters. The van der Waals surface area contributed by atoms with Gasteiger partial charge in [0.1, 0.15) is 5.75 Å². The first-order chi connectivity index (χ1) is 10.1. The van der Waals surface area contributed by atoms with Gasteiger partial charge in [0.05, 0.1) is 18.0 Å². The van der Waals surface area contributed by atoms with Gasteiger partial charge >= 0.3 is 0 Å². The summed E-state index contributed by atoms with van der Waals surface area (Å²) < 4.78 is 27.8. The largest absolute Gasteiger partial charge is 0.271 e. The summed E-state index contributed by atoms with van der Waals surface area (Å²) in [7, 11) is -3.51. The lowest BCUT2D eigenvalue weighted by atomic mass is 10.2. The van der Waals surface area contributed by atoms with Gasteiger partial charge in [0.15, 0.2) is 0 Å². The molecule has 0 spiro atoms. The molecule has 110 valence electrons. The average Bonchev–Trinajstić information content (AvgIpc) is 2.47. The van der Waals surface area contributed by atoms with E-state index in [9.17, 15) is 8.42 Å². The zero-order valence-corrected chi connectivity index (χ0v) is 12.5. The predicted molar refractivity (Wildman–Crippen MR) is 81.3 cm³/mol. The van der Waals surface area contributed by atoms with Gasteiger partial charge in [-0.25, -0.2) is 0 Å². The van der Waals surface area contributed by atoms with E-state index in [1.54, 1.807) is 31.2 Å². The second-order valence-electron chi connectivity index (χ2n) is 4.31. The van der Waals surface area contributed by atoms with Gasteiger partial charge in [-0.15, -0.1) is 0 Å². The summed E-state index contributed by atoms with van der Waals surface area (Å²) in [6.45, 7) is 1.79. The zero-order valence-electron chi connectivity index (χ0n) is 11.6. The standard InChI is InChI=1S/C15H16N2O3S/c1-2-20-21(18,19)12-13-8-10-15(11-9-13)17-16-14-6-4-3-5-7-14/h3-11H,2,12H2,1H3. The molecule has 0 bridgehead atoms. The molecule has 0 radical (unpaired) electrons. The van der Waals surface area contributed by atoms with E-state index < -0.39 is 10.1 Å². The maximum absolute atomic E-state index is 11.5. The number of hydrogen-bond donors (Lipinski definition) is 0. The minimum Gasteiger partial charge on any atom is -0.270 e. The van der Waals surface area contributed by atoms with Crippen molar-refractivity contribution in [1.29, 1.82) is 0 Å². The Morgan fingerprint density at radius 3 is 2.05 bits per heavy atom. The Kier molecular flexibility index (Phi) is 5.19. The maximum atomic E-state index is 11.5. The highest BCUT2D eigenvalue weighted by atomic mass is 32.2. The Balaban J connectivity index is 2.04. The fraction of sp³-hybridized carbons (Fsp3) is 0.200. The van der Waals surface area contributed by atoms with Gasteiger partial charge in [-0.1, -0.05) is 30.3 Å². The van der Waals surface area contributed by atoms with Crippen LogP contribution in [0, 0.1) is 0 Å². The van der Waals surface area contributed by atoms with Crippen molar-refractivity contribution < 1.29 is 12.6 Å². The summed E-state index contributed by atoms with van der Waals surface area (Å²) in [5.74, 6) is -0.142. The number of hydrogen-bond acceptors (Lipinski definition) is 5. The maximum Gasteiger partial charge on any atom is 0.271 e. The Morgan fingerprint density at radius 1 is 0.905 bits per heavy atom. The van der Waals surface area contributed by atoms with Crippen LogP contribution in [0.3, 0.4) is 0 Å². The summed E-state index contributed by atoms with van der Waals surface area (Å²) in [4.78, 5) is 0. The van der Waals surface area contributed by atoms with Gasteiger partial charge in [-0.2, -0.15) is 18.6 Å². The van der Waals surface area contributed by atoms with Gasteiger partial charge in [-0.3, -0.25) is 4.18 Å². The molecule has 2 aromatic rings. The second kappa shape index (κ2) is 7.10. The van der Waals surface area contributed by atoms with Crippen LogP contribution in [0.1, 0.15) is 12.5 Å². The van der Waals surface area contributed by atoms with Crippen molar-refractivity contribution in [2.45, 2.75) is 12.7 Å². The molecule has 0 aliphatic rings. The van der Waals surface area contributed by atoms with Crippen molar-refractivity contribution in [1.82, 2.24) is 0 Å².